The topological polar surface area (TPSA) is 101 Å². The molecule has 1 aliphatic heterocycles. The van der Waals surface area contributed by atoms with E-state index in [0.29, 0.717) is 48.9 Å². The van der Waals surface area contributed by atoms with Crippen molar-refractivity contribution in [2.24, 2.45) is 0 Å². The number of amides is 1. The van der Waals surface area contributed by atoms with Crippen LogP contribution in [0.3, 0.4) is 0 Å². The summed E-state index contributed by atoms with van der Waals surface area (Å²) in [5, 5.41) is 2.67. The molecule has 0 aliphatic carbocycles. The van der Waals surface area contributed by atoms with E-state index in [1.165, 1.54) is 11.2 Å². The van der Waals surface area contributed by atoms with Gasteiger partial charge >= 0.3 is 0 Å². The van der Waals surface area contributed by atoms with Crippen molar-refractivity contribution in [2.75, 3.05) is 18.4 Å². The molecule has 9 heteroatoms. The maximum Gasteiger partial charge on any atom is 0.243 e. The molecule has 0 unspecified atom stereocenters. The molecule has 1 aliphatic rings. The lowest BCUT2D eigenvalue weighted by molar-refractivity contribution is -0.114. The first-order valence-corrected chi connectivity index (χ1v) is 11.0. The van der Waals surface area contributed by atoms with Crippen LogP contribution >= 0.6 is 0 Å². The first-order valence-electron chi connectivity index (χ1n) is 9.52. The number of rotatable bonds is 5. The normalized spacial score (nSPS) is 15.9. The Morgan fingerprint density at radius 1 is 1.14 bits per heavy atom. The van der Waals surface area contributed by atoms with Crippen LogP contribution in [0.15, 0.2) is 29.2 Å². The second-order valence-corrected chi connectivity index (χ2v) is 9.18. The summed E-state index contributed by atoms with van der Waals surface area (Å²) in [4.78, 5) is 20.0. The predicted molar refractivity (Wildman–Crippen MR) is 109 cm³/mol. The predicted octanol–water partition coefficient (Wildman–Crippen LogP) is 2.59. The van der Waals surface area contributed by atoms with Gasteiger partial charge in [0, 0.05) is 37.5 Å². The molecular formula is C20H26N4O4S. The summed E-state index contributed by atoms with van der Waals surface area (Å²) in [7, 11) is -3.61. The van der Waals surface area contributed by atoms with Crippen molar-refractivity contribution in [3.8, 4) is 5.88 Å². The molecule has 1 N–H and O–H groups in total. The quantitative estimate of drug-likeness (QED) is 0.801. The molecule has 1 fully saturated rings. The standard InChI is InChI=1S/C20H26N4O4S/c1-13-11-17(23-16(4)25)5-6-19(13)29(26,27)24-9-7-18(8-10-24)28-20-12-14(2)21-15(3)22-20/h5-6,11-12,18H,7-10H2,1-4H3,(H,23,25). The van der Waals surface area contributed by atoms with Gasteiger partial charge in [0.05, 0.1) is 4.90 Å². The van der Waals surface area contributed by atoms with Crippen LogP contribution < -0.4 is 10.1 Å². The van der Waals surface area contributed by atoms with E-state index in [4.69, 9.17) is 4.74 Å². The van der Waals surface area contributed by atoms with E-state index >= 15 is 0 Å². The Bertz CT molecular complexity index is 995. The van der Waals surface area contributed by atoms with E-state index in [1.54, 1.807) is 31.2 Å². The fourth-order valence-corrected chi connectivity index (χ4v) is 5.14. The molecule has 1 aromatic heterocycles. The molecule has 0 spiro atoms. The number of nitrogens with one attached hydrogen (secondary N) is 1. The van der Waals surface area contributed by atoms with Crippen molar-refractivity contribution >= 4 is 21.6 Å². The summed E-state index contributed by atoms with van der Waals surface area (Å²) in [6, 6.07) is 6.61. The van der Waals surface area contributed by atoms with Gasteiger partial charge in [-0.1, -0.05) is 0 Å². The van der Waals surface area contributed by atoms with Gasteiger partial charge in [0.1, 0.15) is 11.9 Å². The largest absolute Gasteiger partial charge is 0.474 e. The van der Waals surface area contributed by atoms with Crippen LogP contribution in [0.4, 0.5) is 5.69 Å². The molecule has 1 amide bonds. The summed E-state index contributed by atoms with van der Waals surface area (Å²) in [6.07, 6.45) is 1.09. The molecule has 8 nitrogen and oxygen atoms in total. The number of aromatic nitrogens is 2. The number of benzene rings is 1. The summed E-state index contributed by atoms with van der Waals surface area (Å²) >= 11 is 0. The third-order valence-corrected chi connectivity index (χ3v) is 6.80. The third-order valence-electron chi connectivity index (χ3n) is 4.74. The van der Waals surface area contributed by atoms with Gasteiger partial charge in [0.25, 0.3) is 0 Å². The number of sulfonamides is 1. The minimum absolute atomic E-state index is 0.0848. The minimum atomic E-state index is -3.61. The molecule has 1 saturated heterocycles. The maximum absolute atomic E-state index is 13.1. The van der Waals surface area contributed by atoms with E-state index in [9.17, 15) is 13.2 Å². The molecule has 2 heterocycles. The van der Waals surface area contributed by atoms with E-state index in [-0.39, 0.29) is 16.9 Å². The summed E-state index contributed by atoms with van der Waals surface area (Å²) in [5.74, 6) is 0.982. The zero-order valence-corrected chi connectivity index (χ0v) is 17.9. The van der Waals surface area contributed by atoms with Crippen molar-refractivity contribution in [1.29, 1.82) is 0 Å². The zero-order chi connectivity index (χ0) is 21.2. The van der Waals surface area contributed by atoms with Gasteiger partial charge in [-0.15, -0.1) is 0 Å². The number of carbonyl (C=O) groups is 1. The molecule has 0 bridgehead atoms. The van der Waals surface area contributed by atoms with Crippen LogP contribution in [-0.4, -0.2) is 47.8 Å². The van der Waals surface area contributed by atoms with Crippen molar-refractivity contribution in [2.45, 2.75) is 51.5 Å². The Morgan fingerprint density at radius 3 is 2.41 bits per heavy atom. The zero-order valence-electron chi connectivity index (χ0n) is 17.1. The van der Waals surface area contributed by atoms with Crippen molar-refractivity contribution in [1.82, 2.24) is 14.3 Å². The molecule has 0 radical (unpaired) electrons. The van der Waals surface area contributed by atoms with Crippen molar-refractivity contribution < 1.29 is 17.9 Å². The molecule has 0 saturated carbocycles. The Hall–Kier alpha value is -2.52. The number of hydrogen-bond acceptors (Lipinski definition) is 6. The lowest BCUT2D eigenvalue weighted by atomic mass is 10.1. The van der Waals surface area contributed by atoms with Crippen LogP contribution in [0.1, 0.15) is 36.8 Å². The molecular weight excluding hydrogens is 392 g/mol. The lowest BCUT2D eigenvalue weighted by Crippen LogP contribution is -2.42. The van der Waals surface area contributed by atoms with E-state index in [2.05, 4.69) is 15.3 Å². The van der Waals surface area contributed by atoms with Gasteiger partial charge in [-0.05, 0) is 57.4 Å². The van der Waals surface area contributed by atoms with Gasteiger partial charge in [-0.3, -0.25) is 4.79 Å². The van der Waals surface area contributed by atoms with Gasteiger partial charge in [-0.2, -0.15) is 9.29 Å². The van der Waals surface area contributed by atoms with Crippen LogP contribution in [0, 0.1) is 20.8 Å². The number of hydrogen-bond donors (Lipinski definition) is 1. The van der Waals surface area contributed by atoms with Gasteiger partial charge in [-0.25, -0.2) is 13.4 Å². The van der Waals surface area contributed by atoms with Crippen LogP contribution in [0.2, 0.25) is 0 Å². The first kappa shape index (κ1) is 21.2. The highest BCUT2D eigenvalue weighted by molar-refractivity contribution is 7.89. The number of ether oxygens (including phenoxy) is 1. The average Bonchev–Trinajstić information content (AvgIpc) is 2.60. The molecule has 2 aromatic rings. The second-order valence-electron chi connectivity index (χ2n) is 7.28. The van der Waals surface area contributed by atoms with Gasteiger partial charge in [0.15, 0.2) is 0 Å². The van der Waals surface area contributed by atoms with Crippen LogP contribution in [0.25, 0.3) is 0 Å². The highest BCUT2D eigenvalue weighted by atomic mass is 32.2. The number of piperidine rings is 1. The van der Waals surface area contributed by atoms with Crippen molar-refractivity contribution in [3.63, 3.8) is 0 Å². The summed E-state index contributed by atoms with van der Waals surface area (Å²) in [5.41, 5.74) is 2.02. The fourth-order valence-electron chi connectivity index (χ4n) is 3.46. The summed E-state index contributed by atoms with van der Waals surface area (Å²) in [6.45, 7) is 7.60. The number of aryl methyl sites for hydroxylation is 3. The Labute approximate surface area is 171 Å². The minimum Gasteiger partial charge on any atom is -0.474 e. The van der Waals surface area contributed by atoms with Crippen LogP contribution in [-0.2, 0) is 14.8 Å². The average molecular weight is 419 g/mol. The van der Waals surface area contributed by atoms with Gasteiger partial charge < -0.3 is 10.1 Å². The second kappa shape index (κ2) is 8.46. The highest BCUT2D eigenvalue weighted by Gasteiger charge is 2.31. The lowest BCUT2D eigenvalue weighted by Gasteiger charge is -2.31. The molecule has 156 valence electrons. The fraction of sp³-hybridized carbons (Fsp3) is 0.450. The van der Waals surface area contributed by atoms with E-state index < -0.39 is 10.0 Å². The van der Waals surface area contributed by atoms with Crippen LogP contribution in [0.5, 0.6) is 5.88 Å². The summed E-state index contributed by atoms with van der Waals surface area (Å²) < 4.78 is 33.6. The van der Waals surface area contributed by atoms with E-state index in [0.717, 1.165) is 5.69 Å². The molecule has 3 rings (SSSR count). The highest BCUT2D eigenvalue weighted by Crippen LogP contribution is 2.27. The first-order chi connectivity index (χ1) is 13.6. The SMILES string of the molecule is CC(=O)Nc1ccc(S(=O)(=O)N2CCC(Oc3cc(C)nc(C)n3)CC2)c(C)c1. The number of nitrogens with zero attached hydrogens (tertiary/aromatic N) is 3. The maximum atomic E-state index is 13.1. The van der Waals surface area contributed by atoms with Gasteiger partial charge in [0.2, 0.25) is 21.8 Å². The Morgan fingerprint density at radius 2 is 1.83 bits per heavy atom. The van der Waals surface area contributed by atoms with Crippen molar-refractivity contribution in [3.05, 3.63) is 41.3 Å². The molecule has 29 heavy (non-hydrogen) atoms. The van der Waals surface area contributed by atoms with E-state index in [1.807, 2.05) is 13.8 Å². The molecule has 1 aromatic carbocycles. The number of anilines is 1. The third kappa shape index (κ3) is 5.10. The molecule has 0 atom stereocenters. The Kier molecular flexibility index (Phi) is 6.18. The smallest absolute Gasteiger partial charge is 0.243 e. The Balaban J connectivity index is 1.67. The number of carbonyl (C=O) groups excluding carboxylic acids is 1. The monoisotopic (exact) mass is 418 g/mol.